The Balaban J connectivity index is 1.66. The van der Waals surface area contributed by atoms with E-state index in [9.17, 15) is 18.0 Å². The second-order valence-corrected chi connectivity index (χ2v) is 8.76. The SMILES string of the molecule is O=C(NCc1ccco1)C(=O)NC[C@@H](c1ccco1)S(=O)(=O)c1cccs1. The lowest BCUT2D eigenvalue weighted by Crippen LogP contribution is -2.41. The number of furan rings is 2. The van der Waals surface area contributed by atoms with E-state index >= 15 is 0 Å². The van der Waals surface area contributed by atoms with E-state index in [4.69, 9.17) is 8.83 Å². The van der Waals surface area contributed by atoms with Gasteiger partial charge in [0.1, 0.15) is 21.0 Å². The van der Waals surface area contributed by atoms with Crippen LogP contribution >= 0.6 is 11.3 Å². The van der Waals surface area contributed by atoms with Crippen LogP contribution in [0, 0.1) is 0 Å². The van der Waals surface area contributed by atoms with Gasteiger partial charge in [0.15, 0.2) is 9.84 Å². The number of hydrogen-bond acceptors (Lipinski definition) is 7. The van der Waals surface area contributed by atoms with E-state index in [0.29, 0.717) is 5.76 Å². The van der Waals surface area contributed by atoms with Crippen LogP contribution in [-0.2, 0) is 26.0 Å². The quantitative estimate of drug-likeness (QED) is 0.576. The van der Waals surface area contributed by atoms with Gasteiger partial charge in [-0.15, -0.1) is 11.3 Å². The molecule has 10 heteroatoms. The molecule has 1 atom stereocenters. The number of thiophene rings is 1. The van der Waals surface area contributed by atoms with Crippen molar-refractivity contribution in [2.24, 2.45) is 0 Å². The minimum atomic E-state index is -3.79. The fourth-order valence-corrected chi connectivity index (χ4v) is 5.12. The van der Waals surface area contributed by atoms with Crippen molar-refractivity contribution in [3.05, 3.63) is 65.8 Å². The Morgan fingerprint density at radius 2 is 1.74 bits per heavy atom. The van der Waals surface area contributed by atoms with Gasteiger partial charge in [-0.25, -0.2) is 8.42 Å². The van der Waals surface area contributed by atoms with E-state index in [1.54, 1.807) is 29.6 Å². The molecule has 3 heterocycles. The monoisotopic (exact) mass is 408 g/mol. The van der Waals surface area contributed by atoms with Crippen LogP contribution in [0.4, 0.5) is 0 Å². The number of amides is 2. The maximum Gasteiger partial charge on any atom is 0.309 e. The van der Waals surface area contributed by atoms with Gasteiger partial charge in [0.25, 0.3) is 0 Å². The number of hydrogen-bond donors (Lipinski definition) is 2. The third-order valence-corrected chi connectivity index (χ3v) is 7.16. The van der Waals surface area contributed by atoms with Gasteiger partial charge in [0.05, 0.1) is 19.1 Å². The Hall–Kier alpha value is -2.85. The molecular weight excluding hydrogens is 392 g/mol. The lowest BCUT2D eigenvalue weighted by molar-refractivity contribution is -0.139. The predicted octanol–water partition coefficient (Wildman–Crippen LogP) is 1.88. The number of rotatable bonds is 7. The van der Waals surface area contributed by atoms with E-state index in [0.717, 1.165) is 11.3 Å². The molecular formula is C17H16N2O6S2. The fourth-order valence-electron chi connectivity index (χ4n) is 2.33. The molecule has 0 aliphatic carbocycles. The highest BCUT2D eigenvalue weighted by molar-refractivity contribution is 7.93. The molecule has 27 heavy (non-hydrogen) atoms. The third kappa shape index (κ3) is 4.47. The lowest BCUT2D eigenvalue weighted by Gasteiger charge is -2.15. The van der Waals surface area contributed by atoms with Crippen LogP contribution in [0.1, 0.15) is 16.8 Å². The Kier molecular flexibility index (Phi) is 5.77. The molecule has 8 nitrogen and oxygen atoms in total. The topological polar surface area (TPSA) is 119 Å². The standard InChI is InChI=1S/C17H16N2O6S2/c20-16(18-10-12-4-1-7-24-12)17(21)19-11-14(13-5-2-8-25-13)27(22,23)15-6-3-9-26-15/h1-9,14H,10-11H2,(H,18,20)(H,19,21)/t14-/m0/s1. The Bertz CT molecular complexity index is 977. The lowest BCUT2D eigenvalue weighted by atomic mass is 10.3. The summed E-state index contributed by atoms with van der Waals surface area (Å²) in [7, 11) is -3.79. The fraction of sp³-hybridized carbons (Fsp3) is 0.176. The van der Waals surface area contributed by atoms with Crippen molar-refractivity contribution in [1.82, 2.24) is 10.6 Å². The van der Waals surface area contributed by atoms with Crippen molar-refractivity contribution >= 4 is 33.0 Å². The predicted molar refractivity (Wildman–Crippen MR) is 96.5 cm³/mol. The number of sulfone groups is 1. The van der Waals surface area contributed by atoms with Gasteiger partial charge in [-0.3, -0.25) is 9.59 Å². The molecule has 0 bridgehead atoms. The first kappa shape index (κ1) is 18.9. The first-order valence-corrected chi connectivity index (χ1v) is 10.3. The first-order chi connectivity index (χ1) is 13.0. The second kappa shape index (κ2) is 8.23. The molecule has 0 unspecified atom stereocenters. The Morgan fingerprint density at radius 1 is 1.00 bits per heavy atom. The average Bonchev–Trinajstić information content (AvgIpc) is 3.42. The zero-order chi connectivity index (χ0) is 19.3. The van der Waals surface area contributed by atoms with Crippen molar-refractivity contribution in [1.29, 1.82) is 0 Å². The van der Waals surface area contributed by atoms with Crippen molar-refractivity contribution < 1.29 is 26.8 Å². The minimum absolute atomic E-state index is 0.0500. The highest BCUT2D eigenvalue weighted by Gasteiger charge is 2.33. The van der Waals surface area contributed by atoms with Crippen LogP contribution in [-0.4, -0.2) is 26.8 Å². The van der Waals surface area contributed by atoms with Crippen LogP contribution in [0.15, 0.2) is 67.3 Å². The molecule has 0 aliphatic rings. The summed E-state index contributed by atoms with van der Waals surface area (Å²) in [5.41, 5.74) is 0. The van der Waals surface area contributed by atoms with Gasteiger partial charge in [-0.1, -0.05) is 6.07 Å². The normalized spacial score (nSPS) is 12.4. The number of nitrogens with one attached hydrogen (secondary N) is 2. The van der Waals surface area contributed by atoms with Crippen LogP contribution in [0.5, 0.6) is 0 Å². The van der Waals surface area contributed by atoms with E-state index in [1.165, 1.54) is 24.7 Å². The summed E-state index contributed by atoms with van der Waals surface area (Å²) in [5.74, 6) is -1.16. The maximum atomic E-state index is 12.8. The van der Waals surface area contributed by atoms with Gasteiger partial charge >= 0.3 is 11.8 Å². The molecule has 2 amide bonds. The smallest absolute Gasteiger partial charge is 0.309 e. The van der Waals surface area contributed by atoms with Gasteiger partial charge in [0, 0.05) is 6.54 Å². The van der Waals surface area contributed by atoms with Crippen molar-refractivity contribution in [3.63, 3.8) is 0 Å². The Labute approximate surface area is 159 Å². The molecule has 0 aliphatic heterocycles. The number of carbonyl (C=O) groups is 2. The number of carbonyl (C=O) groups excluding carboxylic acids is 2. The van der Waals surface area contributed by atoms with Crippen LogP contribution in [0.3, 0.4) is 0 Å². The molecule has 0 saturated carbocycles. The summed E-state index contributed by atoms with van der Waals surface area (Å²) in [5, 5.41) is 5.25. The average molecular weight is 408 g/mol. The summed E-state index contributed by atoms with van der Waals surface area (Å²) in [6.45, 7) is -0.255. The summed E-state index contributed by atoms with van der Waals surface area (Å²) in [6.07, 6.45) is 2.80. The maximum absolute atomic E-state index is 12.8. The summed E-state index contributed by atoms with van der Waals surface area (Å²) in [4.78, 5) is 23.9. The molecule has 3 aromatic heterocycles. The summed E-state index contributed by atoms with van der Waals surface area (Å²) < 4.78 is 36.1. The van der Waals surface area contributed by atoms with Crippen LogP contribution in [0.25, 0.3) is 0 Å². The zero-order valence-corrected chi connectivity index (χ0v) is 15.6. The van der Waals surface area contributed by atoms with Gasteiger partial charge in [-0.2, -0.15) is 0 Å². The van der Waals surface area contributed by atoms with Crippen LogP contribution < -0.4 is 10.6 Å². The minimum Gasteiger partial charge on any atom is -0.468 e. The van der Waals surface area contributed by atoms with Crippen molar-refractivity contribution in [2.75, 3.05) is 6.54 Å². The molecule has 3 aromatic rings. The largest absolute Gasteiger partial charge is 0.468 e. The zero-order valence-electron chi connectivity index (χ0n) is 14.0. The summed E-state index contributed by atoms with van der Waals surface area (Å²) in [6, 6.07) is 9.48. The van der Waals surface area contributed by atoms with Crippen molar-refractivity contribution in [3.8, 4) is 0 Å². The highest BCUT2D eigenvalue weighted by atomic mass is 32.2. The van der Waals surface area contributed by atoms with E-state index in [-0.39, 0.29) is 23.1 Å². The van der Waals surface area contributed by atoms with Crippen molar-refractivity contribution in [2.45, 2.75) is 16.0 Å². The molecule has 0 radical (unpaired) electrons. The van der Waals surface area contributed by atoms with E-state index in [1.807, 2.05) is 0 Å². The highest BCUT2D eigenvalue weighted by Crippen LogP contribution is 2.31. The van der Waals surface area contributed by atoms with Crippen LogP contribution in [0.2, 0.25) is 0 Å². The van der Waals surface area contributed by atoms with E-state index < -0.39 is 26.9 Å². The summed E-state index contributed by atoms with van der Waals surface area (Å²) >= 11 is 1.07. The molecule has 0 fully saturated rings. The van der Waals surface area contributed by atoms with Gasteiger partial charge < -0.3 is 19.5 Å². The molecule has 0 spiro atoms. The molecule has 3 rings (SSSR count). The molecule has 0 saturated heterocycles. The van der Waals surface area contributed by atoms with Gasteiger partial charge in [-0.05, 0) is 35.7 Å². The third-order valence-electron chi connectivity index (χ3n) is 3.67. The van der Waals surface area contributed by atoms with Gasteiger partial charge in [0.2, 0.25) is 0 Å². The molecule has 2 N–H and O–H groups in total. The first-order valence-electron chi connectivity index (χ1n) is 7.87. The molecule has 0 aromatic carbocycles. The molecule has 142 valence electrons. The Morgan fingerprint density at radius 3 is 2.37 bits per heavy atom. The second-order valence-electron chi connectivity index (χ2n) is 5.45. The van der Waals surface area contributed by atoms with E-state index in [2.05, 4.69) is 10.6 Å².